The summed E-state index contributed by atoms with van der Waals surface area (Å²) in [5, 5.41) is 3.13. The summed E-state index contributed by atoms with van der Waals surface area (Å²) < 4.78 is 12.8. The van der Waals surface area contributed by atoms with Crippen LogP contribution in [0.5, 0.6) is 5.75 Å². The molecule has 1 heterocycles. The summed E-state index contributed by atoms with van der Waals surface area (Å²) in [6.07, 6.45) is 2.38. The molecular formula is C15H22BrNO2. The van der Waals surface area contributed by atoms with Crippen LogP contribution in [0, 0.1) is 0 Å². The van der Waals surface area contributed by atoms with Gasteiger partial charge in [0.05, 0.1) is 16.2 Å². The second kappa shape index (κ2) is 6.25. The number of nitrogens with one attached hydrogen (secondary N) is 1. The molecule has 1 N–H and O–H groups in total. The zero-order valence-electron chi connectivity index (χ0n) is 11.8. The van der Waals surface area contributed by atoms with Gasteiger partial charge >= 0.3 is 0 Å². The van der Waals surface area contributed by atoms with Crippen molar-refractivity contribution in [3.8, 4) is 5.75 Å². The fraction of sp³-hybridized carbons (Fsp3) is 0.600. The minimum Gasteiger partial charge on any atom is -0.490 e. The van der Waals surface area contributed by atoms with Gasteiger partial charge in [0.25, 0.3) is 0 Å². The molecule has 3 nitrogen and oxygen atoms in total. The highest BCUT2D eigenvalue weighted by Crippen LogP contribution is 2.31. The maximum atomic E-state index is 5.92. The summed E-state index contributed by atoms with van der Waals surface area (Å²) in [4.78, 5) is 0. The van der Waals surface area contributed by atoms with Crippen molar-refractivity contribution in [1.82, 2.24) is 5.32 Å². The Labute approximate surface area is 123 Å². The molecule has 0 aliphatic carbocycles. The van der Waals surface area contributed by atoms with Crippen LogP contribution in [0.4, 0.5) is 0 Å². The Bertz CT molecular complexity index is 434. The van der Waals surface area contributed by atoms with Crippen molar-refractivity contribution in [1.29, 1.82) is 0 Å². The van der Waals surface area contributed by atoms with E-state index in [1.54, 1.807) is 0 Å². The monoisotopic (exact) mass is 327 g/mol. The second-order valence-electron chi connectivity index (χ2n) is 5.64. The first-order chi connectivity index (χ1) is 9.00. The van der Waals surface area contributed by atoms with Crippen LogP contribution >= 0.6 is 15.9 Å². The molecule has 0 amide bonds. The molecule has 1 atom stereocenters. The number of ether oxygens (including phenoxy) is 2. The Kier molecular flexibility index (Phi) is 4.87. The Balaban J connectivity index is 1.89. The van der Waals surface area contributed by atoms with E-state index >= 15 is 0 Å². The topological polar surface area (TPSA) is 30.5 Å². The van der Waals surface area contributed by atoms with Crippen molar-refractivity contribution < 1.29 is 9.47 Å². The number of benzene rings is 1. The first kappa shape index (κ1) is 14.8. The molecule has 1 saturated heterocycles. The number of rotatable bonds is 5. The lowest BCUT2D eigenvalue weighted by atomic mass is 10.1. The normalized spacial score (nSPS) is 21.6. The number of hydrogen-bond acceptors (Lipinski definition) is 3. The molecular weight excluding hydrogens is 306 g/mol. The number of halogens is 1. The molecule has 1 aromatic rings. The van der Waals surface area contributed by atoms with Gasteiger partial charge in [-0.3, -0.25) is 0 Å². The Hall–Kier alpha value is -0.580. The molecule has 0 saturated carbocycles. The highest BCUT2D eigenvalue weighted by molar-refractivity contribution is 9.10. The third-order valence-corrected chi connectivity index (χ3v) is 3.98. The zero-order valence-corrected chi connectivity index (χ0v) is 13.4. The maximum absolute atomic E-state index is 5.92. The summed E-state index contributed by atoms with van der Waals surface area (Å²) >= 11 is 3.56. The first-order valence-electron chi connectivity index (χ1n) is 6.74. The first-order valence-corrected chi connectivity index (χ1v) is 7.53. The fourth-order valence-electron chi connectivity index (χ4n) is 2.35. The maximum Gasteiger partial charge on any atom is 0.133 e. The predicted octanol–water partition coefficient (Wildman–Crippen LogP) is 3.50. The van der Waals surface area contributed by atoms with Gasteiger partial charge < -0.3 is 14.8 Å². The highest BCUT2D eigenvalue weighted by Gasteiger charge is 2.31. The molecule has 1 aliphatic heterocycles. The minimum atomic E-state index is 0.00190. The van der Waals surface area contributed by atoms with Crippen LogP contribution in [0.1, 0.15) is 32.3 Å². The van der Waals surface area contributed by atoms with Crippen LogP contribution in [0.25, 0.3) is 0 Å². The van der Waals surface area contributed by atoms with Gasteiger partial charge in [-0.25, -0.2) is 0 Å². The van der Waals surface area contributed by atoms with Crippen LogP contribution in [0.3, 0.4) is 0 Å². The third kappa shape index (κ3) is 4.20. The smallest absolute Gasteiger partial charge is 0.133 e. The molecule has 19 heavy (non-hydrogen) atoms. The molecule has 4 heteroatoms. The average molecular weight is 328 g/mol. The highest BCUT2D eigenvalue weighted by atomic mass is 79.9. The van der Waals surface area contributed by atoms with Crippen molar-refractivity contribution in [2.24, 2.45) is 0 Å². The molecule has 0 radical (unpaired) electrons. The Morgan fingerprint density at radius 1 is 1.47 bits per heavy atom. The van der Waals surface area contributed by atoms with Crippen LogP contribution in [0.2, 0.25) is 0 Å². The lowest BCUT2D eigenvalue weighted by Crippen LogP contribution is -2.23. The van der Waals surface area contributed by atoms with Gasteiger partial charge in [0, 0.05) is 6.54 Å². The van der Waals surface area contributed by atoms with Gasteiger partial charge in [-0.05, 0) is 67.4 Å². The molecule has 1 aromatic carbocycles. The molecule has 2 rings (SSSR count). The van der Waals surface area contributed by atoms with E-state index < -0.39 is 0 Å². The molecule has 1 fully saturated rings. The summed E-state index contributed by atoms with van der Waals surface area (Å²) in [6, 6.07) is 6.18. The number of hydrogen-bond donors (Lipinski definition) is 1. The molecule has 0 bridgehead atoms. The standard InChI is InChI=1S/C15H22BrNO2/c1-15(2)7-6-12(19-15)10-18-14-5-4-11(9-17-3)8-13(14)16/h4-5,8,12,17H,6-7,9-10H2,1-3H3. The summed E-state index contributed by atoms with van der Waals surface area (Å²) in [7, 11) is 1.94. The molecule has 0 spiro atoms. The summed E-state index contributed by atoms with van der Waals surface area (Å²) in [6.45, 7) is 5.75. The van der Waals surface area contributed by atoms with Crippen LogP contribution in [-0.4, -0.2) is 25.4 Å². The van der Waals surface area contributed by atoms with Gasteiger partial charge in [0.1, 0.15) is 12.4 Å². The summed E-state index contributed by atoms with van der Waals surface area (Å²) in [5.41, 5.74) is 1.24. The van der Waals surface area contributed by atoms with Crippen molar-refractivity contribution in [2.75, 3.05) is 13.7 Å². The van der Waals surface area contributed by atoms with Crippen LogP contribution in [0.15, 0.2) is 22.7 Å². The van der Waals surface area contributed by atoms with Gasteiger partial charge in [-0.1, -0.05) is 6.07 Å². The van der Waals surface area contributed by atoms with E-state index in [-0.39, 0.29) is 11.7 Å². The molecule has 1 aliphatic rings. The lowest BCUT2D eigenvalue weighted by Gasteiger charge is -2.19. The molecule has 0 aromatic heterocycles. The lowest BCUT2D eigenvalue weighted by molar-refractivity contribution is -0.0327. The van der Waals surface area contributed by atoms with Gasteiger partial charge in [-0.2, -0.15) is 0 Å². The average Bonchev–Trinajstić information content (AvgIpc) is 2.68. The van der Waals surface area contributed by atoms with E-state index in [0.29, 0.717) is 6.61 Å². The second-order valence-corrected chi connectivity index (χ2v) is 6.50. The van der Waals surface area contributed by atoms with Gasteiger partial charge in [0.15, 0.2) is 0 Å². The van der Waals surface area contributed by atoms with Crippen molar-refractivity contribution in [3.05, 3.63) is 28.2 Å². The Morgan fingerprint density at radius 2 is 2.26 bits per heavy atom. The zero-order chi connectivity index (χ0) is 13.9. The van der Waals surface area contributed by atoms with Crippen molar-refractivity contribution in [2.45, 2.75) is 44.9 Å². The van der Waals surface area contributed by atoms with Crippen LogP contribution < -0.4 is 10.1 Å². The molecule has 106 valence electrons. The minimum absolute atomic E-state index is 0.00190. The predicted molar refractivity (Wildman–Crippen MR) is 80.6 cm³/mol. The van der Waals surface area contributed by atoms with Gasteiger partial charge in [0.2, 0.25) is 0 Å². The van der Waals surface area contributed by atoms with E-state index in [1.807, 2.05) is 13.1 Å². The van der Waals surface area contributed by atoms with Gasteiger partial charge in [-0.15, -0.1) is 0 Å². The van der Waals surface area contributed by atoms with E-state index in [2.05, 4.69) is 47.2 Å². The van der Waals surface area contributed by atoms with E-state index in [0.717, 1.165) is 29.6 Å². The fourth-order valence-corrected chi connectivity index (χ4v) is 2.89. The van der Waals surface area contributed by atoms with Crippen molar-refractivity contribution >= 4 is 15.9 Å². The largest absolute Gasteiger partial charge is 0.490 e. The third-order valence-electron chi connectivity index (χ3n) is 3.36. The quantitative estimate of drug-likeness (QED) is 0.897. The summed E-state index contributed by atoms with van der Waals surface area (Å²) in [5.74, 6) is 0.883. The SMILES string of the molecule is CNCc1ccc(OCC2CCC(C)(C)O2)c(Br)c1. The van der Waals surface area contributed by atoms with E-state index in [1.165, 1.54) is 5.56 Å². The van der Waals surface area contributed by atoms with E-state index in [9.17, 15) is 0 Å². The van der Waals surface area contributed by atoms with Crippen molar-refractivity contribution in [3.63, 3.8) is 0 Å². The van der Waals surface area contributed by atoms with Crippen LogP contribution in [-0.2, 0) is 11.3 Å². The Morgan fingerprint density at radius 3 is 2.84 bits per heavy atom. The molecule has 1 unspecified atom stereocenters. The van der Waals surface area contributed by atoms with E-state index in [4.69, 9.17) is 9.47 Å².